The van der Waals surface area contributed by atoms with E-state index in [-0.39, 0.29) is 11.4 Å². The van der Waals surface area contributed by atoms with Crippen molar-refractivity contribution in [1.82, 2.24) is 9.97 Å². The fraction of sp³-hybridized carbons (Fsp3) is 0. The third-order valence-electron chi connectivity index (χ3n) is 1.16. The number of hydrogen-bond donors (Lipinski definition) is 2. The molecule has 1 aromatic heterocycles. The predicted octanol–water partition coefficient (Wildman–Crippen LogP) is -1.19. The molecule has 0 saturated heterocycles. The number of aromatic nitrogens is 2. The molecule has 0 unspecified atom stereocenters. The van der Waals surface area contributed by atoms with Crippen molar-refractivity contribution in [2.45, 2.75) is 0 Å². The smallest absolute Gasteiger partial charge is 0.307 e. The van der Waals surface area contributed by atoms with Crippen LogP contribution < -0.4 is 11.1 Å². The number of nitrogens with one attached hydrogen (secondary N) is 2. The molecule has 0 saturated carbocycles. The van der Waals surface area contributed by atoms with Crippen molar-refractivity contribution in [3.8, 4) is 12.1 Å². The number of hydrogen-bond acceptors (Lipinski definition) is 4. The van der Waals surface area contributed by atoms with E-state index in [1.807, 2.05) is 9.97 Å². The lowest BCUT2D eigenvalue weighted by molar-refractivity contribution is 1.03. The summed E-state index contributed by atoms with van der Waals surface area (Å²) in [6.45, 7) is 0. The Labute approximate surface area is 65.7 Å². The van der Waals surface area contributed by atoms with Gasteiger partial charge < -0.3 is 9.97 Å². The highest BCUT2D eigenvalue weighted by atomic mass is 16.2. The minimum absolute atomic E-state index is 0.234. The quantitative estimate of drug-likeness (QED) is 0.466. The second kappa shape index (κ2) is 2.72. The minimum Gasteiger partial charge on any atom is -0.307 e. The maximum Gasteiger partial charge on any atom is 0.314 e. The van der Waals surface area contributed by atoms with Gasteiger partial charge in [-0.2, -0.15) is 10.5 Å². The van der Waals surface area contributed by atoms with Gasteiger partial charge >= 0.3 is 11.1 Å². The van der Waals surface area contributed by atoms with Crippen LogP contribution in [0.3, 0.4) is 0 Å². The van der Waals surface area contributed by atoms with Crippen molar-refractivity contribution < 1.29 is 0 Å². The van der Waals surface area contributed by atoms with Gasteiger partial charge in [-0.3, -0.25) is 9.59 Å². The third kappa shape index (κ3) is 1.09. The lowest BCUT2D eigenvalue weighted by atomic mass is 10.3. The predicted molar refractivity (Wildman–Crippen MR) is 37.1 cm³/mol. The van der Waals surface area contributed by atoms with Crippen LogP contribution in [0.25, 0.3) is 0 Å². The maximum absolute atomic E-state index is 10.6. The van der Waals surface area contributed by atoms with Crippen molar-refractivity contribution >= 4 is 0 Å². The summed E-state index contributed by atoms with van der Waals surface area (Å²) in [5.74, 6) is 0. The largest absolute Gasteiger partial charge is 0.314 e. The zero-order valence-electron chi connectivity index (χ0n) is 5.71. The Morgan fingerprint density at radius 3 is 1.50 bits per heavy atom. The summed E-state index contributed by atoms with van der Waals surface area (Å²) >= 11 is 0. The van der Waals surface area contributed by atoms with E-state index >= 15 is 0 Å². The normalized spacial score (nSPS) is 8.50. The Hall–Kier alpha value is -2.34. The van der Waals surface area contributed by atoms with Crippen molar-refractivity contribution in [2.75, 3.05) is 0 Å². The van der Waals surface area contributed by atoms with Crippen LogP contribution in [0, 0.1) is 22.7 Å². The van der Waals surface area contributed by atoms with Crippen molar-refractivity contribution in [3.63, 3.8) is 0 Å². The number of nitriles is 2. The molecule has 0 spiro atoms. The molecule has 0 fully saturated rings. The number of aromatic amines is 2. The molecule has 0 aromatic carbocycles. The molecule has 12 heavy (non-hydrogen) atoms. The Balaban J connectivity index is 3.67. The van der Waals surface area contributed by atoms with E-state index in [1.165, 1.54) is 0 Å². The topological polar surface area (TPSA) is 113 Å². The summed E-state index contributed by atoms with van der Waals surface area (Å²) in [5, 5.41) is 16.7. The molecule has 58 valence electrons. The fourth-order valence-corrected chi connectivity index (χ4v) is 0.633. The van der Waals surface area contributed by atoms with Crippen LogP contribution in [0.5, 0.6) is 0 Å². The minimum atomic E-state index is -0.939. The highest BCUT2D eigenvalue weighted by Crippen LogP contribution is 1.91. The Bertz CT molecular complexity index is 449. The molecule has 0 radical (unpaired) electrons. The van der Waals surface area contributed by atoms with Crippen LogP contribution in [0.4, 0.5) is 0 Å². The van der Waals surface area contributed by atoms with Gasteiger partial charge in [-0.05, 0) is 0 Å². The van der Waals surface area contributed by atoms with Gasteiger partial charge in [0.05, 0.1) is 0 Å². The van der Waals surface area contributed by atoms with E-state index in [0.29, 0.717) is 0 Å². The summed E-state index contributed by atoms with van der Waals surface area (Å²) < 4.78 is 0. The van der Waals surface area contributed by atoms with Crippen LogP contribution in [-0.4, -0.2) is 9.97 Å². The van der Waals surface area contributed by atoms with Gasteiger partial charge in [0.15, 0.2) is 11.4 Å². The number of H-pyrrole nitrogens is 2. The molecule has 6 nitrogen and oxygen atoms in total. The third-order valence-corrected chi connectivity index (χ3v) is 1.16. The maximum atomic E-state index is 10.6. The molecule has 0 aliphatic rings. The lowest BCUT2D eigenvalue weighted by Gasteiger charge is -1.89. The molecule has 0 bridgehead atoms. The molecule has 0 atom stereocenters. The fourth-order valence-electron chi connectivity index (χ4n) is 0.633. The first-order valence-corrected chi connectivity index (χ1v) is 2.86. The summed E-state index contributed by atoms with van der Waals surface area (Å²) in [6, 6.07) is 3.13. The van der Waals surface area contributed by atoms with Gasteiger partial charge in [-0.1, -0.05) is 0 Å². The SMILES string of the molecule is N#Cc1[nH]c(=O)c(=O)[nH]c1C#N. The summed E-state index contributed by atoms with van der Waals surface area (Å²) in [6.07, 6.45) is 0. The van der Waals surface area contributed by atoms with Gasteiger partial charge in [0.25, 0.3) is 0 Å². The Morgan fingerprint density at radius 1 is 0.917 bits per heavy atom. The van der Waals surface area contributed by atoms with Crippen LogP contribution >= 0.6 is 0 Å². The van der Waals surface area contributed by atoms with Crippen LogP contribution in [-0.2, 0) is 0 Å². The highest BCUT2D eigenvalue weighted by molar-refractivity contribution is 5.33. The second-order valence-corrected chi connectivity index (χ2v) is 1.88. The van der Waals surface area contributed by atoms with E-state index in [4.69, 9.17) is 10.5 Å². The Morgan fingerprint density at radius 2 is 1.25 bits per heavy atom. The average molecular weight is 162 g/mol. The molecule has 1 rings (SSSR count). The van der Waals surface area contributed by atoms with Crippen molar-refractivity contribution in [2.24, 2.45) is 0 Å². The molecule has 6 heteroatoms. The highest BCUT2D eigenvalue weighted by Gasteiger charge is 2.04. The van der Waals surface area contributed by atoms with Crippen LogP contribution in [0.1, 0.15) is 11.4 Å². The van der Waals surface area contributed by atoms with Gasteiger partial charge in [-0.25, -0.2) is 0 Å². The first-order valence-electron chi connectivity index (χ1n) is 2.86. The lowest BCUT2D eigenvalue weighted by Crippen LogP contribution is -2.31. The average Bonchev–Trinajstić information content (AvgIpc) is 2.09. The Kier molecular flexibility index (Phi) is 1.76. The van der Waals surface area contributed by atoms with Crippen LogP contribution in [0.15, 0.2) is 9.59 Å². The monoisotopic (exact) mass is 162 g/mol. The zero-order valence-corrected chi connectivity index (χ0v) is 5.71. The van der Waals surface area contributed by atoms with E-state index in [9.17, 15) is 9.59 Å². The zero-order chi connectivity index (χ0) is 9.14. The standard InChI is InChI=1S/C6H2N4O2/c7-1-3-4(2-8)10-6(12)5(11)9-3/h(H,9,11)(H,10,12). The first-order chi connectivity index (χ1) is 5.69. The van der Waals surface area contributed by atoms with Crippen molar-refractivity contribution in [1.29, 1.82) is 10.5 Å². The second-order valence-electron chi connectivity index (χ2n) is 1.88. The molecule has 0 aliphatic heterocycles. The molecular formula is C6H2N4O2. The number of rotatable bonds is 0. The molecular weight excluding hydrogens is 160 g/mol. The summed E-state index contributed by atoms with van der Waals surface area (Å²) in [5.41, 5.74) is -2.35. The summed E-state index contributed by atoms with van der Waals surface area (Å²) in [4.78, 5) is 25.1. The van der Waals surface area contributed by atoms with Crippen LogP contribution in [0.2, 0.25) is 0 Å². The molecule has 0 aliphatic carbocycles. The molecule has 2 N–H and O–H groups in total. The number of nitrogens with zero attached hydrogens (tertiary/aromatic N) is 2. The van der Waals surface area contributed by atoms with Crippen molar-refractivity contribution in [3.05, 3.63) is 32.1 Å². The van der Waals surface area contributed by atoms with Gasteiger partial charge in [0.2, 0.25) is 0 Å². The summed E-state index contributed by atoms with van der Waals surface area (Å²) in [7, 11) is 0. The molecule has 1 heterocycles. The van der Waals surface area contributed by atoms with E-state index in [2.05, 4.69) is 0 Å². The first kappa shape index (κ1) is 7.76. The van der Waals surface area contributed by atoms with E-state index in [0.717, 1.165) is 0 Å². The van der Waals surface area contributed by atoms with Gasteiger partial charge in [-0.15, -0.1) is 0 Å². The molecule has 1 aromatic rings. The van der Waals surface area contributed by atoms with Gasteiger partial charge in [0.1, 0.15) is 12.1 Å². The van der Waals surface area contributed by atoms with Gasteiger partial charge in [0, 0.05) is 0 Å². The molecule has 0 amide bonds. The van der Waals surface area contributed by atoms with E-state index in [1.54, 1.807) is 12.1 Å². The van der Waals surface area contributed by atoms with E-state index < -0.39 is 11.1 Å².